The SMILES string of the molecule is CSc1cccc(F)c1C(N)CCO. The van der Waals surface area contributed by atoms with E-state index in [2.05, 4.69) is 0 Å². The molecule has 0 aromatic heterocycles. The molecule has 0 amide bonds. The minimum atomic E-state index is -0.427. The molecule has 0 saturated carbocycles. The molecular formula is C10H14FNOS. The number of benzene rings is 1. The molecule has 0 aliphatic heterocycles. The molecule has 0 fully saturated rings. The van der Waals surface area contributed by atoms with Crippen LogP contribution in [0.15, 0.2) is 23.1 Å². The molecule has 78 valence electrons. The molecule has 0 spiro atoms. The molecule has 1 atom stereocenters. The quantitative estimate of drug-likeness (QED) is 0.754. The van der Waals surface area contributed by atoms with Gasteiger partial charge in [0.1, 0.15) is 5.82 Å². The third kappa shape index (κ3) is 2.47. The minimum Gasteiger partial charge on any atom is -0.396 e. The van der Waals surface area contributed by atoms with Gasteiger partial charge < -0.3 is 10.8 Å². The van der Waals surface area contributed by atoms with Gasteiger partial charge in [-0.1, -0.05) is 6.07 Å². The summed E-state index contributed by atoms with van der Waals surface area (Å²) in [6, 6.07) is 4.46. The summed E-state index contributed by atoms with van der Waals surface area (Å²) in [4.78, 5) is 0.839. The number of aliphatic hydroxyl groups is 1. The van der Waals surface area contributed by atoms with Crippen LogP contribution in [0.5, 0.6) is 0 Å². The molecule has 0 heterocycles. The van der Waals surface area contributed by atoms with Crippen molar-refractivity contribution in [2.45, 2.75) is 17.4 Å². The predicted molar refractivity (Wildman–Crippen MR) is 56.8 cm³/mol. The summed E-state index contributed by atoms with van der Waals surface area (Å²) < 4.78 is 13.4. The minimum absolute atomic E-state index is 0.0245. The van der Waals surface area contributed by atoms with Crippen LogP contribution in [0.25, 0.3) is 0 Å². The third-order valence-corrected chi connectivity index (χ3v) is 2.84. The monoisotopic (exact) mass is 215 g/mol. The Hall–Kier alpha value is -0.580. The number of hydrogen-bond acceptors (Lipinski definition) is 3. The highest BCUT2D eigenvalue weighted by Crippen LogP contribution is 2.28. The molecule has 0 saturated heterocycles. The fourth-order valence-electron chi connectivity index (χ4n) is 1.34. The first kappa shape index (κ1) is 11.5. The number of aliphatic hydroxyl groups excluding tert-OH is 1. The average molecular weight is 215 g/mol. The van der Waals surface area contributed by atoms with Crippen molar-refractivity contribution in [3.05, 3.63) is 29.6 Å². The second-order valence-electron chi connectivity index (χ2n) is 2.97. The molecule has 3 N–H and O–H groups in total. The first-order valence-corrected chi connectivity index (χ1v) is 5.62. The molecule has 4 heteroatoms. The molecule has 1 aromatic rings. The van der Waals surface area contributed by atoms with E-state index in [-0.39, 0.29) is 12.4 Å². The average Bonchev–Trinajstić information content (AvgIpc) is 2.17. The molecule has 14 heavy (non-hydrogen) atoms. The van der Waals surface area contributed by atoms with Gasteiger partial charge in [0.25, 0.3) is 0 Å². The van der Waals surface area contributed by atoms with Crippen LogP contribution in [0.3, 0.4) is 0 Å². The number of hydrogen-bond donors (Lipinski definition) is 2. The number of rotatable bonds is 4. The lowest BCUT2D eigenvalue weighted by Gasteiger charge is -2.14. The van der Waals surface area contributed by atoms with Crippen LogP contribution >= 0.6 is 11.8 Å². The maximum absolute atomic E-state index is 13.4. The fourth-order valence-corrected chi connectivity index (χ4v) is 2.02. The predicted octanol–water partition coefficient (Wildman–Crippen LogP) is 1.93. The zero-order valence-electron chi connectivity index (χ0n) is 8.03. The number of thioether (sulfide) groups is 1. The van der Waals surface area contributed by atoms with Crippen molar-refractivity contribution in [2.75, 3.05) is 12.9 Å². The van der Waals surface area contributed by atoms with Gasteiger partial charge in [-0.2, -0.15) is 0 Å². The van der Waals surface area contributed by atoms with Crippen molar-refractivity contribution < 1.29 is 9.50 Å². The van der Waals surface area contributed by atoms with Gasteiger partial charge in [-0.3, -0.25) is 0 Å². The van der Waals surface area contributed by atoms with E-state index in [1.165, 1.54) is 17.8 Å². The van der Waals surface area contributed by atoms with Crippen LogP contribution in [0.2, 0.25) is 0 Å². The van der Waals surface area contributed by atoms with Crippen molar-refractivity contribution in [3.63, 3.8) is 0 Å². The topological polar surface area (TPSA) is 46.2 Å². The van der Waals surface area contributed by atoms with Crippen LogP contribution in [-0.2, 0) is 0 Å². The lowest BCUT2D eigenvalue weighted by molar-refractivity contribution is 0.275. The third-order valence-electron chi connectivity index (χ3n) is 2.04. The van der Waals surface area contributed by atoms with E-state index in [1.807, 2.05) is 12.3 Å². The maximum atomic E-state index is 13.4. The van der Waals surface area contributed by atoms with Gasteiger partial charge in [0.15, 0.2) is 0 Å². The first-order chi connectivity index (χ1) is 6.70. The Kier molecular flexibility index (Phi) is 4.38. The number of halogens is 1. The molecule has 1 rings (SSSR count). The summed E-state index contributed by atoms with van der Waals surface area (Å²) in [5, 5.41) is 8.74. The van der Waals surface area contributed by atoms with E-state index in [1.54, 1.807) is 6.07 Å². The van der Waals surface area contributed by atoms with E-state index in [4.69, 9.17) is 10.8 Å². The molecule has 0 aliphatic rings. The summed E-state index contributed by atoms with van der Waals surface area (Å²) in [5.41, 5.74) is 6.28. The molecule has 0 aliphatic carbocycles. The summed E-state index contributed by atoms with van der Waals surface area (Å²) in [5.74, 6) is -0.294. The summed E-state index contributed by atoms with van der Waals surface area (Å²) in [6.45, 7) is -0.0245. The molecule has 0 radical (unpaired) electrons. The Bertz CT molecular complexity index is 306. The second-order valence-corrected chi connectivity index (χ2v) is 3.82. The largest absolute Gasteiger partial charge is 0.396 e. The standard InChI is InChI=1S/C10H14FNOS/c1-14-9-4-2-3-7(11)10(9)8(12)5-6-13/h2-4,8,13H,5-6,12H2,1H3. The van der Waals surface area contributed by atoms with E-state index in [0.717, 1.165) is 4.90 Å². The Labute approximate surface area is 87.3 Å². The van der Waals surface area contributed by atoms with Gasteiger partial charge in [0.05, 0.1) is 0 Å². The van der Waals surface area contributed by atoms with Gasteiger partial charge in [0, 0.05) is 23.1 Å². The van der Waals surface area contributed by atoms with Crippen LogP contribution in [0.4, 0.5) is 4.39 Å². The first-order valence-electron chi connectivity index (χ1n) is 4.39. The molecule has 1 unspecified atom stereocenters. The van der Waals surface area contributed by atoms with Crippen molar-refractivity contribution in [1.82, 2.24) is 0 Å². The van der Waals surface area contributed by atoms with Crippen LogP contribution in [0.1, 0.15) is 18.0 Å². The molecule has 1 aromatic carbocycles. The highest BCUT2D eigenvalue weighted by atomic mass is 32.2. The van der Waals surface area contributed by atoms with Crippen molar-refractivity contribution >= 4 is 11.8 Å². The zero-order chi connectivity index (χ0) is 10.6. The van der Waals surface area contributed by atoms with E-state index in [0.29, 0.717) is 12.0 Å². The van der Waals surface area contributed by atoms with Crippen LogP contribution < -0.4 is 5.73 Å². The van der Waals surface area contributed by atoms with Gasteiger partial charge >= 0.3 is 0 Å². The Morgan fingerprint density at radius 2 is 2.29 bits per heavy atom. The number of nitrogens with two attached hydrogens (primary N) is 1. The normalized spacial score (nSPS) is 12.9. The smallest absolute Gasteiger partial charge is 0.129 e. The van der Waals surface area contributed by atoms with Crippen LogP contribution in [0, 0.1) is 5.82 Å². The van der Waals surface area contributed by atoms with Crippen molar-refractivity contribution in [2.24, 2.45) is 5.73 Å². The van der Waals surface area contributed by atoms with E-state index < -0.39 is 6.04 Å². The van der Waals surface area contributed by atoms with E-state index >= 15 is 0 Å². The highest BCUT2D eigenvalue weighted by molar-refractivity contribution is 7.98. The summed E-state index contributed by atoms with van der Waals surface area (Å²) in [6.07, 6.45) is 2.26. The molecular weight excluding hydrogens is 201 g/mol. The molecule has 2 nitrogen and oxygen atoms in total. The van der Waals surface area contributed by atoms with Gasteiger partial charge in [-0.15, -0.1) is 11.8 Å². The van der Waals surface area contributed by atoms with Gasteiger partial charge in [-0.05, 0) is 24.8 Å². The Morgan fingerprint density at radius 3 is 2.86 bits per heavy atom. The highest BCUT2D eigenvalue weighted by Gasteiger charge is 2.14. The van der Waals surface area contributed by atoms with Gasteiger partial charge in [-0.25, -0.2) is 4.39 Å². The summed E-state index contributed by atoms with van der Waals surface area (Å²) in [7, 11) is 0. The van der Waals surface area contributed by atoms with Gasteiger partial charge in [0.2, 0.25) is 0 Å². The van der Waals surface area contributed by atoms with Crippen LogP contribution in [-0.4, -0.2) is 18.0 Å². The Balaban J connectivity index is 3.03. The van der Waals surface area contributed by atoms with Crippen molar-refractivity contribution in [1.29, 1.82) is 0 Å². The fraction of sp³-hybridized carbons (Fsp3) is 0.400. The Morgan fingerprint density at radius 1 is 1.57 bits per heavy atom. The second kappa shape index (κ2) is 5.34. The summed E-state index contributed by atoms with van der Waals surface area (Å²) >= 11 is 1.46. The lowest BCUT2D eigenvalue weighted by atomic mass is 10.0. The zero-order valence-corrected chi connectivity index (χ0v) is 8.85. The maximum Gasteiger partial charge on any atom is 0.129 e. The van der Waals surface area contributed by atoms with E-state index in [9.17, 15) is 4.39 Å². The molecule has 0 bridgehead atoms. The lowest BCUT2D eigenvalue weighted by Crippen LogP contribution is -2.14. The van der Waals surface area contributed by atoms with Crippen molar-refractivity contribution in [3.8, 4) is 0 Å².